The molecule has 0 radical (unpaired) electrons. The zero-order valence-electron chi connectivity index (χ0n) is 8.92. The van der Waals surface area contributed by atoms with Gasteiger partial charge in [0.15, 0.2) is 0 Å². The molecule has 0 fully saturated rings. The summed E-state index contributed by atoms with van der Waals surface area (Å²) in [4.78, 5) is 2.17. The molecule has 1 aromatic rings. The summed E-state index contributed by atoms with van der Waals surface area (Å²) in [6, 6.07) is 6.26. The lowest BCUT2D eigenvalue weighted by atomic mass is 10.1. The molecule has 0 saturated heterocycles. The fraction of sp³-hybridized carbons (Fsp3) is 0.455. The highest BCUT2D eigenvalue weighted by molar-refractivity contribution is 6.30. The van der Waals surface area contributed by atoms with Gasteiger partial charge in [0.25, 0.3) is 0 Å². The number of anilines is 1. The Labute approximate surface area is 90.7 Å². The molecule has 2 N–H and O–H groups in total. The average Bonchev–Trinajstić information content (AvgIpc) is 2.16. The molecule has 0 atom stereocenters. The van der Waals surface area contributed by atoms with Crippen LogP contribution in [0.1, 0.15) is 19.4 Å². The molecule has 0 amide bonds. The minimum atomic E-state index is 0.443. The van der Waals surface area contributed by atoms with E-state index in [4.69, 9.17) is 17.3 Å². The van der Waals surface area contributed by atoms with E-state index in [0.717, 1.165) is 16.3 Å². The first-order valence-electron chi connectivity index (χ1n) is 4.77. The van der Waals surface area contributed by atoms with E-state index >= 15 is 0 Å². The van der Waals surface area contributed by atoms with Crippen molar-refractivity contribution in [1.29, 1.82) is 0 Å². The van der Waals surface area contributed by atoms with E-state index in [1.165, 1.54) is 0 Å². The second-order valence-electron chi connectivity index (χ2n) is 3.68. The molecule has 14 heavy (non-hydrogen) atoms. The van der Waals surface area contributed by atoms with Crippen molar-refractivity contribution in [3.8, 4) is 0 Å². The van der Waals surface area contributed by atoms with E-state index in [0.29, 0.717) is 12.6 Å². The van der Waals surface area contributed by atoms with Crippen molar-refractivity contribution in [1.82, 2.24) is 0 Å². The Morgan fingerprint density at radius 1 is 1.43 bits per heavy atom. The Bertz CT molecular complexity index is 310. The maximum Gasteiger partial charge on any atom is 0.0426 e. The van der Waals surface area contributed by atoms with E-state index in [1.807, 2.05) is 18.2 Å². The van der Waals surface area contributed by atoms with Crippen LogP contribution in [0.5, 0.6) is 0 Å². The number of benzene rings is 1. The van der Waals surface area contributed by atoms with Gasteiger partial charge in [-0.25, -0.2) is 0 Å². The lowest BCUT2D eigenvalue weighted by Crippen LogP contribution is -2.27. The quantitative estimate of drug-likeness (QED) is 0.835. The van der Waals surface area contributed by atoms with Crippen LogP contribution in [-0.4, -0.2) is 13.1 Å². The van der Waals surface area contributed by atoms with Crippen molar-refractivity contribution in [3.05, 3.63) is 28.8 Å². The smallest absolute Gasteiger partial charge is 0.0426 e. The van der Waals surface area contributed by atoms with Gasteiger partial charge in [0, 0.05) is 30.3 Å². The average molecular weight is 213 g/mol. The third kappa shape index (κ3) is 2.40. The van der Waals surface area contributed by atoms with Crippen molar-refractivity contribution < 1.29 is 0 Å². The molecule has 0 aliphatic heterocycles. The van der Waals surface area contributed by atoms with Crippen molar-refractivity contribution in [2.45, 2.75) is 26.4 Å². The third-order valence-electron chi connectivity index (χ3n) is 2.42. The van der Waals surface area contributed by atoms with Crippen molar-refractivity contribution >= 4 is 17.3 Å². The van der Waals surface area contributed by atoms with Crippen molar-refractivity contribution in [3.63, 3.8) is 0 Å². The van der Waals surface area contributed by atoms with Gasteiger partial charge in [-0.1, -0.05) is 17.7 Å². The molecular weight excluding hydrogens is 196 g/mol. The van der Waals surface area contributed by atoms with Crippen LogP contribution in [0.4, 0.5) is 5.69 Å². The summed E-state index contributed by atoms with van der Waals surface area (Å²) in [6.45, 7) is 4.83. The van der Waals surface area contributed by atoms with Gasteiger partial charge in [-0.05, 0) is 31.5 Å². The molecule has 0 aliphatic rings. The van der Waals surface area contributed by atoms with Crippen LogP contribution < -0.4 is 10.6 Å². The Morgan fingerprint density at radius 2 is 2.07 bits per heavy atom. The van der Waals surface area contributed by atoms with Crippen molar-refractivity contribution in [2.24, 2.45) is 5.73 Å². The SMILES string of the molecule is CC(C)N(C)c1cc(Cl)ccc1CN. The lowest BCUT2D eigenvalue weighted by molar-refractivity contribution is 0.749. The first-order chi connectivity index (χ1) is 6.56. The summed E-state index contributed by atoms with van der Waals surface area (Å²) in [5.41, 5.74) is 7.92. The van der Waals surface area contributed by atoms with Crippen LogP contribution in [0.3, 0.4) is 0 Å². The van der Waals surface area contributed by atoms with Crippen LogP contribution in [0, 0.1) is 0 Å². The summed E-state index contributed by atoms with van der Waals surface area (Å²) in [5.74, 6) is 0. The number of rotatable bonds is 3. The Balaban J connectivity index is 3.10. The maximum absolute atomic E-state index is 5.96. The molecular formula is C11H17ClN2. The van der Waals surface area contributed by atoms with Gasteiger partial charge in [-0.15, -0.1) is 0 Å². The number of nitrogens with two attached hydrogens (primary N) is 1. The lowest BCUT2D eigenvalue weighted by Gasteiger charge is -2.26. The monoisotopic (exact) mass is 212 g/mol. The second kappa shape index (κ2) is 4.67. The molecule has 0 heterocycles. The highest BCUT2D eigenvalue weighted by atomic mass is 35.5. The van der Waals surface area contributed by atoms with Gasteiger partial charge in [0.1, 0.15) is 0 Å². The highest BCUT2D eigenvalue weighted by Gasteiger charge is 2.09. The second-order valence-corrected chi connectivity index (χ2v) is 4.12. The van der Waals surface area contributed by atoms with Gasteiger partial charge in [-0.3, -0.25) is 0 Å². The summed E-state index contributed by atoms with van der Waals surface area (Å²) < 4.78 is 0. The summed E-state index contributed by atoms with van der Waals surface area (Å²) in [5, 5.41) is 0.754. The third-order valence-corrected chi connectivity index (χ3v) is 2.66. The van der Waals surface area contributed by atoms with Crippen LogP contribution >= 0.6 is 11.6 Å². The summed E-state index contributed by atoms with van der Waals surface area (Å²) >= 11 is 5.96. The van der Waals surface area contributed by atoms with E-state index in [9.17, 15) is 0 Å². The minimum absolute atomic E-state index is 0.443. The van der Waals surface area contributed by atoms with Crippen LogP contribution in [0.25, 0.3) is 0 Å². The topological polar surface area (TPSA) is 29.3 Å². The Kier molecular flexibility index (Phi) is 3.78. The molecule has 0 aromatic heterocycles. The molecule has 1 aromatic carbocycles. The molecule has 0 spiro atoms. The fourth-order valence-electron chi connectivity index (χ4n) is 1.32. The van der Waals surface area contributed by atoms with Crippen LogP contribution in [0.15, 0.2) is 18.2 Å². The van der Waals surface area contributed by atoms with E-state index in [2.05, 4.69) is 25.8 Å². The molecule has 1 rings (SSSR count). The van der Waals surface area contributed by atoms with Gasteiger partial charge in [0.05, 0.1) is 0 Å². The fourth-order valence-corrected chi connectivity index (χ4v) is 1.48. The summed E-state index contributed by atoms with van der Waals surface area (Å²) in [7, 11) is 2.05. The predicted octanol–water partition coefficient (Wildman–Crippen LogP) is 2.64. The zero-order chi connectivity index (χ0) is 10.7. The molecule has 0 aliphatic carbocycles. The molecule has 0 bridgehead atoms. The number of hydrogen-bond acceptors (Lipinski definition) is 2. The minimum Gasteiger partial charge on any atom is -0.372 e. The van der Waals surface area contributed by atoms with E-state index in [-0.39, 0.29) is 0 Å². The standard InChI is InChI=1S/C11H17ClN2/c1-8(2)14(3)11-6-10(12)5-4-9(11)7-13/h4-6,8H,7,13H2,1-3H3. The van der Waals surface area contributed by atoms with Gasteiger partial charge >= 0.3 is 0 Å². The predicted molar refractivity (Wildman–Crippen MR) is 62.9 cm³/mol. The van der Waals surface area contributed by atoms with Gasteiger partial charge in [-0.2, -0.15) is 0 Å². The van der Waals surface area contributed by atoms with E-state index < -0.39 is 0 Å². The van der Waals surface area contributed by atoms with Crippen molar-refractivity contribution in [2.75, 3.05) is 11.9 Å². The number of nitrogens with zero attached hydrogens (tertiary/aromatic N) is 1. The molecule has 0 saturated carbocycles. The molecule has 0 unspecified atom stereocenters. The number of hydrogen-bond donors (Lipinski definition) is 1. The van der Waals surface area contributed by atoms with Gasteiger partial charge < -0.3 is 10.6 Å². The van der Waals surface area contributed by atoms with E-state index in [1.54, 1.807) is 0 Å². The Morgan fingerprint density at radius 3 is 2.57 bits per heavy atom. The molecule has 2 nitrogen and oxygen atoms in total. The first kappa shape index (κ1) is 11.3. The summed E-state index contributed by atoms with van der Waals surface area (Å²) in [6.07, 6.45) is 0. The molecule has 3 heteroatoms. The molecule has 78 valence electrons. The maximum atomic E-state index is 5.96. The first-order valence-corrected chi connectivity index (χ1v) is 5.15. The Hall–Kier alpha value is -0.730. The van der Waals surface area contributed by atoms with Crippen LogP contribution in [0.2, 0.25) is 5.02 Å². The zero-order valence-corrected chi connectivity index (χ0v) is 9.67. The normalized spacial score (nSPS) is 10.7. The number of halogens is 1. The largest absolute Gasteiger partial charge is 0.372 e. The highest BCUT2D eigenvalue weighted by Crippen LogP contribution is 2.24. The van der Waals surface area contributed by atoms with Crippen LogP contribution in [-0.2, 0) is 6.54 Å². The van der Waals surface area contributed by atoms with Gasteiger partial charge in [0.2, 0.25) is 0 Å².